The summed E-state index contributed by atoms with van der Waals surface area (Å²) in [7, 11) is 0. The van der Waals surface area contributed by atoms with Crippen LogP contribution in [0.1, 0.15) is 18.4 Å². The summed E-state index contributed by atoms with van der Waals surface area (Å²) in [5.41, 5.74) is 11.9. The number of carboxylic acids is 2. The van der Waals surface area contributed by atoms with E-state index >= 15 is 0 Å². The largest absolute Gasteiger partial charge is 0.481 e. The summed E-state index contributed by atoms with van der Waals surface area (Å²) in [6.45, 7) is 0. The molecule has 0 aliphatic heterocycles. The zero-order valence-corrected chi connectivity index (χ0v) is 16.3. The van der Waals surface area contributed by atoms with Crippen LogP contribution in [0.4, 0.5) is 0 Å². The van der Waals surface area contributed by atoms with Gasteiger partial charge in [-0.1, -0.05) is 18.2 Å². The Morgan fingerprint density at radius 1 is 0.968 bits per heavy atom. The fourth-order valence-electron chi connectivity index (χ4n) is 2.96. The van der Waals surface area contributed by atoms with Gasteiger partial charge in [-0.2, -0.15) is 0 Å². The number of hydrogen-bond donors (Lipinski definition) is 7. The number of carbonyl (C=O) groups excluding carboxylic acids is 3. The maximum Gasteiger partial charge on any atom is 0.326 e. The molecule has 1 aromatic heterocycles. The number of amides is 3. The smallest absolute Gasteiger partial charge is 0.326 e. The molecule has 0 radical (unpaired) electrons. The molecule has 0 aliphatic carbocycles. The number of carbonyl (C=O) groups is 5. The van der Waals surface area contributed by atoms with Gasteiger partial charge in [-0.25, -0.2) is 4.79 Å². The first-order chi connectivity index (χ1) is 14.6. The molecule has 1 heterocycles. The molecule has 0 bridgehead atoms. The molecule has 2 aromatic rings. The third-order valence-corrected chi connectivity index (χ3v) is 4.48. The minimum absolute atomic E-state index is 0.0833. The third kappa shape index (κ3) is 6.54. The van der Waals surface area contributed by atoms with Crippen LogP contribution in [0.15, 0.2) is 30.5 Å². The number of hydrogen-bond acceptors (Lipinski definition) is 6. The molecule has 166 valence electrons. The molecule has 0 saturated carbocycles. The number of H-pyrrole nitrogens is 1. The van der Waals surface area contributed by atoms with E-state index < -0.39 is 60.6 Å². The highest BCUT2D eigenvalue weighted by Gasteiger charge is 2.30. The van der Waals surface area contributed by atoms with Gasteiger partial charge in [0.2, 0.25) is 17.7 Å². The van der Waals surface area contributed by atoms with Gasteiger partial charge in [0.05, 0.1) is 18.9 Å². The minimum Gasteiger partial charge on any atom is -0.481 e. The number of nitrogens with one attached hydrogen (secondary N) is 3. The highest BCUT2D eigenvalue weighted by atomic mass is 16.4. The van der Waals surface area contributed by atoms with Crippen molar-refractivity contribution >= 4 is 40.6 Å². The standard InChI is InChI=1S/C19H23N5O7/c20-11(6-15(21)25)17(28)23-13(7-16(26)27)18(29)24-14(19(30)31)5-9-8-22-12-4-2-1-3-10(9)12/h1-4,8,11,13-14,22H,5-7,20H2,(H2,21,25)(H,23,28)(H,24,29)(H,26,27)(H,30,31). The van der Waals surface area contributed by atoms with Gasteiger partial charge in [-0.05, 0) is 11.6 Å². The Hall–Kier alpha value is -3.93. The van der Waals surface area contributed by atoms with Crippen molar-refractivity contribution in [2.45, 2.75) is 37.4 Å². The molecule has 3 unspecified atom stereocenters. The van der Waals surface area contributed by atoms with Crippen LogP contribution < -0.4 is 22.1 Å². The summed E-state index contributed by atoms with van der Waals surface area (Å²) >= 11 is 0. The molecule has 0 aliphatic rings. The van der Waals surface area contributed by atoms with E-state index in [0.717, 1.165) is 10.9 Å². The molecule has 3 atom stereocenters. The van der Waals surface area contributed by atoms with Crippen LogP contribution >= 0.6 is 0 Å². The van der Waals surface area contributed by atoms with Crippen molar-refractivity contribution in [2.24, 2.45) is 11.5 Å². The van der Waals surface area contributed by atoms with E-state index in [-0.39, 0.29) is 6.42 Å². The van der Waals surface area contributed by atoms with Crippen LogP contribution in [0.3, 0.4) is 0 Å². The topological polar surface area (TPSA) is 218 Å². The molecule has 0 fully saturated rings. The average Bonchev–Trinajstić information content (AvgIpc) is 3.08. The average molecular weight is 433 g/mol. The normalized spacial score (nSPS) is 13.7. The Labute approximate surface area is 176 Å². The maximum atomic E-state index is 12.6. The van der Waals surface area contributed by atoms with Crippen molar-refractivity contribution in [3.63, 3.8) is 0 Å². The van der Waals surface area contributed by atoms with Crippen molar-refractivity contribution in [1.82, 2.24) is 15.6 Å². The molecule has 3 amide bonds. The predicted molar refractivity (Wildman–Crippen MR) is 108 cm³/mol. The van der Waals surface area contributed by atoms with Crippen molar-refractivity contribution in [1.29, 1.82) is 0 Å². The lowest BCUT2D eigenvalue weighted by Gasteiger charge is -2.21. The monoisotopic (exact) mass is 433 g/mol. The molecule has 2 rings (SSSR count). The second kappa shape index (κ2) is 10.2. The van der Waals surface area contributed by atoms with Gasteiger partial charge in [0.15, 0.2) is 0 Å². The van der Waals surface area contributed by atoms with Crippen LogP contribution in [-0.4, -0.2) is 63.0 Å². The zero-order chi connectivity index (χ0) is 23.1. The number of rotatable bonds is 11. The highest BCUT2D eigenvalue weighted by molar-refractivity contribution is 5.95. The predicted octanol–water partition coefficient (Wildman–Crippen LogP) is -1.56. The minimum atomic E-state index is -1.60. The van der Waals surface area contributed by atoms with Crippen molar-refractivity contribution < 1.29 is 34.2 Å². The van der Waals surface area contributed by atoms with E-state index in [2.05, 4.69) is 15.6 Å². The van der Waals surface area contributed by atoms with E-state index in [1.807, 2.05) is 0 Å². The summed E-state index contributed by atoms with van der Waals surface area (Å²) < 4.78 is 0. The third-order valence-electron chi connectivity index (χ3n) is 4.48. The van der Waals surface area contributed by atoms with Gasteiger partial charge in [-0.3, -0.25) is 19.2 Å². The number of fused-ring (bicyclic) bond motifs is 1. The number of nitrogens with two attached hydrogens (primary N) is 2. The molecule has 12 nitrogen and oxygen atoms in total. The van der Waals surface area contributed by atoms with Gasteiger partial charge in [0, 0.05) is 23.5 Å². The molecular formula is C19H23N5O7. The Bertz CT molecular complexity index is 1000. The Morgan fingerprint density at radius 2 is 1.61 bits per heavy atom. The van der Waals surface area contributed by atoms with Gasteiger partial charge >= 0.3 is 11.9 Å². The summed E-state index contributed by atoms with van der Waals surface area (Å²) in [5.74, 6) is -5.60. The van der Waals surface area contributed by atoms with Crippen LogP contribution in [0.5, 0.6) is 0 Å². The maximum absolute atomic E-state index is 12.6. The quantitative estimate of drug-likeness (QED) is 0.219. The van der Waals surface area contributed by atoms with E-state index in [0.29, 0.717) is 5.56 Å². The van der Waals surface area contributed by atoms with E-state index in [9.17, 15) is 29.1 Å². The van der Waals surface area contributed by atoms with Crippen molar-refractivity contribution in [2.75, 3.05) is 0 Å². The summed E-state index contributed by atoms with van der Waals surface area (Å²) in [5, 5.41) is 23.7. The summed E-state index contributed by atoms with van der Waals surface area (Å²) in [6.07, 6.45) is 0.206. The SMILES string of the molecule is NC(=O)CC(N)C(=O)NC(CC(=O)O)C(=O)NC(Cc1c[nH]c2ccccc12)C(=O)O. The summed E-state index contributed by atoms with van der Waals surface area (Å²) in [4.78, 5) is 61.3. The molecule has 1 aromatic carbocycles. The molecular weight excluding hydrogens is 410 g/mol. The summed E-state index contributed by atoms with van der Waals surface area (Å²) in [6, 6.07) is 2.80. The second-order valence-corrected chi connectivity index (χ2v) is 6.90. The number of aromatic amines is 1. The first-order valence-corrected chi connectivity index (χ1v) is 9.22. The first kappa shape index (κ1) is 23.3. The lowest BCUT2D eigenvalue weighted by atomic mass is 10.0. The van der Waals surface area contributed by atoms with Gasteiger partial charge in [0.25, 0.3) is 0 Å². The molecule has 12 heteroatoms. The van der Waals surface area contributed by atoms with E-state index in [4.69, 9.17) is 16.6 Å². The van der Waals surface area contributed by atoms with Crippen LogP contribution in [0.25, 0.3) is 10.9 Å². The lowest BCUT2D eigenvalue weighted by molar-refractivity contribution is -0.143. The van der Waals surface area contributed by atoms with Gasteiger partial charge in [-0.15, -0.1) is 0 Å². The van der Waals surface area contributed by atoms with Crippen molar-refractivity contribution in [3.05, 3.63) is 36.0 Å². The number of benzene rings is 1. The molecule has 0 spiro atoms. The van der Waals surface area contributed by atoms with Crippen molar-refractivity contribution in [3.8, 4) is 0 Å². The van der Waals surface area contributed by atoms with Crippen LogP contribution in [0.2, 0.25) is 0 Å². The van der Waals surface area contributed by atoms with Crippen LogP contribution in [0, 0.1) is 0 Å². The first-order valence-electron chi connectivity index (χ1n) is 9.22. The Kier molecular flexibility index (Phi) is 7.69. The van der Waals surface area contributed by atoms with Crippen LogP contribution in [-0.2, 0) is 30.4 Å². The molecule has 9 N–H and O–H groups in total. The fraction of sp³-hybridized carbons (Fsp3) is 0.316. The highest BCUT2D eigenvalue weighted by Crippen LogP contribution is 2.19. The van der Waals surface area contributed by atoms with E-state index in [1.54, 1.807) is 30.5 Å². The van der Waals surface area contributed by atoms with E-state index in [1.165, 1.54) is 0 Å². The lowest BCUT2D eigenvalue weighted by Crippen LogP contribution is -2.55. The number of para-hydroxylation sites is 1. The van der Waals surface area contributed by atoms with Gasteiger partial charge in [0.1, 0.15) is 12.1 Å². The fourth-order valence-corrected chi connectivity index (χ4v) is 2.96. The Balaban J connectivity index is 2.14. The number of aliphatic carboxylic acids is 2. The molecule has 0 saturated heterocycles. The number of primary amides is 1. The Morgan fingerprint density at radius 3 is 2.23 bits per heavy atom. The molecule has 31 heavy (non-hydrogen) atoms. The second-order valence-electron chi connectivity index (χ2n) is 6.90. The number of aromatic nitrogens is 1. The zero-order valence-electron chi connectivity index (χ0n) is 16.3. The number of carboxylic acid groups (broad SMARTS) is 2. The van der Waals surface area contributed by atoms with Gasteiger partial charge < -0.3 is 37.3 Å².